The second kappa shape index (κ2) is 6.53. The molecule has 2 N–H and O–H groups in total. The van der Waals surface area contributed by atoms with Crippen LogP contribution in [0.15, 0.2) is 12.3 Å². The third kappa shape index (κ3) is 3.29. The molecule has 0 aliphatic heterocycles. The van der Waals surface area contributed by atoms with Gasteiger partial charge >= 0.3 is 0 Å². The number of carbonyl (C=O) groups excluding carboxylic acids is 1. The minimum absolute atomic E-state index is 0.159. The summed E-state index contributed by atoms with van der Waals surface area (Å²) >= 11 is 0. The molecule has 1 aliphatic carbocycles. The number of carbonyl (C=O) groups is 1. The molecule has 112 valence electrons. The van der Waals surface area contributed by atoms with Crippen molar-refractivity contribution >= 4 is 5.78 Å². The molecular weight excluding hydrogens is 250 g/mol. The first-order chi connectivity index (χ1) is 9.59. The van der Waals surface area contributed by atoms with Gasteiger partial charge in [0.05, 0.1) is 23.7 Å². The van der Waals surface area contributed by atoms with Crippen molar-refractivity contribution in [2.45, 2.75) is 76.8 Å². The summed E-state index contributed by atoms with van der Waals surface area (Å²) in [5.74, 6) is 0.159. The zero-order valence-electron chi connectivity index (χ0n) is 12.8. The SMILES string of the molecule is CCC(CC)n1ccc(CC(=O)C2(N)CCCCC2)n1. The quantitative estimate of drug-likeness (QED) is 0.869. The topological polar surface area (TPSA) is 60.9 Å². The highest BCUT2D eigenvalue weighted by Crippen LogP contribution is 2.27. The molecule has 0 aromatic carbocycles. The van der Waals surface area contributed by atoms with Crippen molar-refractivity contribution in [3.05, 3.63) is 18.0 Å². The largest absolute Gasteiger partial charge is 0.319 e. The highest BCUT2D eigenvalue weighted by atomic mass is 16.1. The van der Waals surface area contributed by atoms with Crippen molar-refractivity contribution in [1.29, 1.82) is 0 Å². The van der Waals surface area contributed by atoms with Gasteiger partial charge in [-0.1, -0.05) is 33.1 Å². The van der Waals surface area contributed by atoms with Gasteiger partial charge in [-0.2, -0.15) is 5.10 Å². The Morgan fingerprint density at radius 2 is 2.00 bits per heavy atom. The van der Waals surface area contributed by atoms with Crippen LogP contribution < -0.4 is 5.73 Å². The minimum atomic E-state index is -0.600. The highest BCUT2D eigenvalue weighted by Gasteiger charge is 2.35. The van der Waals surface area contributed by atoms with E-state index >= 15 is 0 Å². The van der Waals surface area contributed by atoms with Gasteiger partial charge in [-0.15, -0.1) is 0 Å². The second-order valence-corrected chi connectivity index (χ2v) is 6.07. The predicted octanol–water partition coefficient (Wildman–Crippen LogP) is 3.02. The lowest BCUT2D eigenvalue weighted by atomic mass is 9.78. The Labute approximate surface area is 121 Å². The molecule has 1 fully saturated rings. The van der Waals surface area contributed by atoms with E-state index < -0.39 is 5.54 Å². The van der Waals surface area contributed by atoms with Gasteiger partial charge in [0.2, 0.25) is 0 Å². The first-order valence-corrected chi connectivity index (χ1v) is 7.95. The average molecular weight is 277 g/mol. The monoisotopic (exact) mass is 277 g/mol. The number of ketones is 1. The molecule has 20 heavy (non-hydrogen) atoms. The molecule has 2 rings (SSSR count). The zero-order valence-corrected chi connectivity index (χ0v) is 12.8. The van der Waals surface area contributed by atoms with E-state index in [1.54, 1.807) is 0 Å². The summed E-state index contributed by atoms with van der Waals surface area (Å²) in [6.45, 7) is 4.33. The van der Waals surface area contributed by atoms with Gasteiger partial charge in [0, 0.05) is 6.20 Å². The van der Waals surface area contributed by atoms with Gasteiger partial charge in [-0.25, -0.2) is 0 Å². The molecule has 1 aromatic rings. The normalized spacial score (nSPS) is 18.4. The molecule has 4 heteroatoms. The van der Waals surface area contributed by atoms with E-state index in [-0.39, 0.29) is 5.78 Å². The van der Waals surface area contributed by atoms with Crippen LogP contribution in [0.5, 0.6) is 0 Å². The Morgan fingerprint density at radius 3 is 2.60 bits per heavy atom. The van der Waals surface area contributed by atoms with Gasteiger partial charge in [-0.3, -0.25) is 9.48 Å². The van der Waals surface area contributed by atoms with Gasteiger partial charge in [0.1, 0.15) is 0 Å². The third-order valence-electron chi connectivity index (χ3n) is 4.62. The van der Waals surface area contributed by atoms with Crippen molar-refractivity contribution in [3.8, 4) is 0 Å². The van der Waals surface area contributed by atoms with E-state index in [0.717, 1.165) is 44.2 Å². The Kier molecular flexibility index (Phi) is 4.97. The maximum absolute atomic E-state index is 12.4. The average Bonchev–Trinajstić information content (AvgIpc) is 2.89. The first kappa shape index (κ1) is 15.2. The van der Waals surface area contributed by atoms with Crippen LogP contribution in [0.1, 0.15) is 70.5 Å². The van der Waals surface area contributed by atoms with E-state index in [2.05, 4.69) is 18.9 Å². The fourth-order valence-electron chi connectivity index (χ4n) is 3.14. The Balaban J connectivity index is 2.01. The molecule has 0 atom stereocenters. The third-order valence-corrected chi connectivity index (χ3v) is 4.62. The van der Waals surface area contributed by atoms with Crippen LogP contribution in [0.4, 0.5) is 0 Å². The lowest BCUT2D eigenvalue weighted by molar-refractivity contribution is -0.124. The Morgan fingerprint density at radius 1 is 1.35 bits per heavy atom. The second-order valence-electron chi connectivity index (χ2n) is 6.07. The predicted molar refractivity (Wildman–Crippen MR) is 80.6 cm³/mol. The van der Waals surface area contributed by atoms with Crippen LogP contribution in [0.3, 0.4) is 0 Å². The molecule has 4 nitrogen and oxygen atoms in total. The van der Waals surface area contributed by atoms with Crippen molar-refractivity contribution in [3.63, 3.8) is 0 Å². The fourth-order valence-corrected chi connectivity index (χ4v) is 3.14. The van der Waals surface area contributed by atoms with Crippen molar-refractivity contribution in [1.82, 2.24) is 9.78 Å². The van der Waals surface area contributed by atoms with Crippen LogP contribution in [-0.2, 0) is 11.2 Å². The van der Waals surface area contributed by atoms with Crippen molar-refractivity contribution in [2.75, 3.05) is 0 Å². The number of hydrogen-bond donors (Lipinski definition) is 1. The van der Waals surface area contributed by atoms with Gasteiger partial charge in [0.25, 0.3) is 0 Å². The lowest BCUT2D eigenvalue weighted by Gasteiger charge is -2.31. The Bertz CT molecular complexity index is 442. The molecule has 0 amide bonds. The van der Waals surface area contributed by atoms with E-state index in [1.165, 1.54) is 6.42 Å². The summed E-state index contributed by atoms with van der Waals surface area (Å²) < 4.78 is 1.99. The molecule has 0 bridgehead atoms. The number of Topliss-reactive ketones (excluding diaryl/α,β-unsaturated/α-hetero) is 1. The molecule has 1 aromatic heterocycles. The smallest absolute Gasteiger partial charge is 0.158 e. The number of aromatic nitrogens is 2. The number of nitrogens with zero attached hydrogens (tertiary/aromatic N) is 2. The number of hydrogen-bond acceptors (Lipinski definition) is 3. The minimum Gasteiger partial charge on any atom is -0.319 e. The standard InChI is InChI=1S/C16H27N3O/c1-3-14(4-2)19-11-8-13(18-19)12-15(20)16(17)9-6-5-7-10-16/h8,11,14H,3-7,9-10,12,17H2,1-2H3. The summed E-state index contributed by atoms with van der Waals surface area (Å²) in [5.41, 5.74) is 6.54. The fraction of sp³-hybridized carbons (Fsp3) is 0.750. The molecule has 0 saturated heterocycles. The molecular formula is C16H27N3O. The van der Waals surface area contributed by atoms with Crippen LogP contribution in [0.2, 0.25) is 0 Å². The molecule has 0 unspecified atom stereocenters. The van der Waals surface area contributed by atoms with E-state index in [1.807, 2.05) is 16.9 Å². The maximum Gasteiger partial charge on any atom is 0.158 e. The summed E-state index contributed by atoms with van der Waals surface area (Å²) in [5, 5.41) is 4.56. The summed E-state index contributed by atoms with van der Waals surface area (Å²) in [7, 11) is 0. The summed E-state index contributed by atoms with van der Waals surface area (Å²) in [6, 6.07) is 2.39. The molecule has 1 heterocycles. The van der Waals surface area contributed by atoms with Crippen LogP contribution in [-0.4, -0.2) is 21.1 Å². The molecule has 0 radical (unpaired) electrons. The maximum atomic E-state index is 12.4. The number of rotatable bonds is 6. The van der Waals surface area contributed by atoms with Crippen LogP contribution in [0, 0.1) is 0 Å². The lowest BCUT2D eigenvalue weighted by Crippen LogP contribution is -2.50. The molecule has 1 aliphatic rings. The molecule has 1 saturated carbocycles. The molecule has 0 spiro atoms. The van der Waals surface area contributed by atoms with Gasteiger partial charge in [-0.05, 0) is 31.7 Å². The van der Waals surface area contributed by atoms with Crippen LogP contribution in [0.25, 0.3) is 0 Å². The van der Waals surface area contributed by atoms with E-state index in [0.29, 0.717) is 12.5 Å². The summed E-state index contributed by atoms with van der Waals surface area (Å²) in [6.07, 6.45) is 9.51. The Hall–Kier alpha value is -1.16. The van der Waals surface area contributed by atoms with Crippen molar-refractivity contribution in [2.24, 2.45) is 5.73 Å². The van der Waals surface area contributed by atoms with Crippen molar-refractivity contribution < 1.29 is 4.79 Å². The van der Waals surface area contributed by atoms with E-state index in [9.17, 15) is 4.79 Å². The summed E-state index contributed by atoms with van der Waals surface area (Å²) in [4.78, 5) is 12.4. The van der Waals surface area contributed by atoms with Crippen LogP contribution >= 0.6 is 0 Å². The number of nitrogens with two attached hydrogens (primary N) is 1. The highest BCUT2D eigenvalue weighted by molar-refractivity contribution is 5.89. The zero-order chi connectivity index (χ0) is 14.6. The van der Waals surface area contributed by atoms with Gasteiger partial charge < -0.3 is 5.73 Å². The first-order valence-electron chi connectivity index (χ1n) is 7.95. The van der Waals surface area contributed by atoms with Gasteiger partial charge in [0.15, 0.2) is 5.78 Å². The van der Waals surface area contributed by atoms with E-state index in [4.69, 9.17) is 5.73 Å².